The Bertz CT molecular complexity index is 446. The summed E-state index contributed by atoms with van der Waals surface area (Å²) in [5.74, 6) is -2.50. The zero-order valence-corrected chi connectivity index (χ0v) is 11.9. The van der Waals surface area contributed by atoms with Crippen molar-refractivity contribution in [1.82, 2.24) is 5.32 Å². The zero-order valence-electron chi connectivity index (χ0n) is 11.1. The molecule has 2 N–H and O–H groups in total. The molecule has 0 aliphatic carbocycles. The number of esters is 2. The first-order valence-corrected chi connectivity index (χ1v) is 7.33. The van der Waals surface area contributed by atoms with Crippen molar-refractivity contribution in [2.24, 2.45) is 0 Å². The highest BCUT2D eigenvalue weighted by atomic mass is 32.2. The maximum atomic E-state index is 11.5. The summed E-state index contributed by atoms with van der Waals surface area (Å²) in [5, 5.41) is 2.14. The molecule has 0 aromatic heterocycles. The van der Waals surface area contributed by atoms with Gasteiger partial charge in [-0.25, -0.2) is 4.79 Å². The van der Waals surface area contributed by atoms with E-state index in [1.807, 2.05) is 0 Å². The molecule has 0 rings (SSSR count). The fourth-order valence-corrected chi connectivity index (χ4v) is 1.67. The van der Waals surface area contributed by atoms with Gasteiger partial charge in [0, 0.05) is 0 Å². The van der Waals surface area contributed by atoms with Crippen LogP contribution in [-0.4, -0.2) is 55.8 Å². The van der Waals surface area contributed by atoms with Gasteiger partial charge in [-0.15, -0.1) is 0 Å². The molecular formula is C10H17NO8S. The van der Waals surface area contributed by atoms with Crippen LogP contribution in [0.2, 0.25) is 0 Å². The van der Waals surface area contributed by atoms with E-state index in [4.69, 9.17) is 9.29 Å². The first-order chi connectivity index (χ1) is 9.21. The summed E-state index contributed by atoms with van der Waals surface area (Å²) in [6, 6.07) is -1.19. The van der Waals surface area contributed by atoms with Gasteiger partial charge in [0.2, 0.25) is 6.41 Å². The molecule has 2 unspecified atom stereocenters. The quantitative estimate of drug-likeness (QED) is 0.310. The van der Waals surface area contributed by atoms with Gasteiger partial charge in [-0.05, 0) is 13.8 Å². The molecule has 0 spiro atoms. The molecule has 10 heteroatoms. The van der Waals surface area contributed by atoms with E-state index < -0.39 is 46.4 Å². The third kappa shape index (κ3) is 7.69. The lowest BCUT2D eigenvalue weighted by Gasteiger charge is -2.21. The van der Waals surface area contributed by atoms with Crippen molar-refractivity contribution >= 4 is 28.5 Å². The molecule has 9 nitrogen and oxygen atoms in total. The molecule has 1 amide bonds. The molecule has 116 valence electrons. The molecular weight excluding hydrogens is 294 g/mol. The zero-order chi connectivity index (χ0) is 15.8. The number of ether oxygens (including phenoxy) is 2. The second kappa shape index (κ2) is 8.48. The van der Waals surface area contributed by atoms with Gasteiger partial charge in [-0.3, -0.25) is 14.1 Å². The predicted molar refractivity (Wildman–Crippen MR) is 66.2 cm³/mol. The molecule has 0 saturated carbocycles. The summed E-state index contributed by atoms with van der Waals surface area (Å²) >= 11 is 0. The Labute approximate surface area is 116 Å². The van der Waals surface area contributed by atoms with Crippen LogP contribution < -0.4 is 5.32 Å². The van der Waals surface area contributed by atoms with Crippen molar-refractivity contribution in [3.8, 4) is 0 Å². The van der Waals surface area contributed by atoms with Gasteiger partial charge in [-0.1, -0.05) is 0 Å². The molecule has 0 aliphatic rings. The number of rotatable bonds is 9. The minimum absolute atomic E-state index is 0.0826. The van der Waals surface area contributed by atoms with Gasteiger partial charge in [0.1, 0.15) is 6.10 Å². The maximum absolute atomic E-state index is 11.5. The molecule has 0 aromatic carbocycles. The lowest BCUT2D eigenvalue weighted by Crippen LogP contribution is -2.47. The predicted octanol–water partition coefficient (Wildman–Crippen LogP) is -1.13. The second-order valence-corrected chi connectivity index (χ2v) is 5.32. The molecule has 20 heavy (non-hydrogen) atoms. The first kappa shape index (κ1) is 18.3. The second-order valence-electron chi connectivity index (χ2n) is 3.75. The average molecular weight is 311 g/mol. The molecule has 0 bridgehead atoms. The molecule has 0 radical (unpaired) electrons. The van der Waals surface area contributed by atoms with Crippen LogP contribution in [0.1, 0.15) is 20.3 Å². The van der Waals surface area contributed by atoms with E-state index in [2.05, 4.69) is 10.1 Å². The Morgan fingerprint density at radius 1 is 1.40 bits per heavy atom. The summed E-state index contributed by atoms with van der Waals surface area (Å²) in [4.78, 5) is 33.2. The van der Waals surface area contributed by atoms with Crippen LogP contribution in [0, 0.1) is 0 Å². The summed E-state index contributed by atoms with van der Waals surface area (Å²) in [5.41, 5.74) is 0. The Morgan fingerprint density at radius 2 is 2.00 bits per heavy atom. The SMILES string of the molecule is CCOC(=O)C(NC=O)C(C)OC(=O)CCS(=O)(=O)O. The lowest BCUT2D eigenvalue weighted by atomic mass is 10.2. The highest BCUT2D eigenvalue weighted by Crippen LogP contribution is 2.04. The Hall–Kier alpha value is -1.68. The van der Waals surface area contributed by atoms with E-state index in [0.29, 0.717) is 0 Å². The van der Waals surface area contributed by atoms with Crippen LogP contribution in [0.25, 0.3) is 0 Å². The number of nitrogens with one attached hydrogen (secondary N) is 1. The van der Waals surface area contributed by atoms with Crippen molar-refractivity contribution in [1.29, 1.82) is 0 Å². The monoisotopic (exact) mass is 311 g/mol. The van der Waals surface area contributed by atoms with E-state index in [1.165, 1.54) is 6.92 Å². The smallest absolute Gasteiger partial charge is 0.332 e. The fraction of sp³-hybridized carbons (Fsp3) is 0.700. The maximum Gasteiger partial charge on any atom is 0.332 e. The summed E-state index contributed by atoms with van der Waals surface area (Å²) in [7, 11) is -4.27. The average Bonchev–Trinajstić information content (AvgIpc) is 2.32. The van der Waals surface area contributed by atoms with Crippen LogP contribution >= 0.6 is 0 Å². The number of hydrogen-bond donors (Lipinski definition) is 2. The van der Waals surface area contributed by atoms with Crippen molar-refractivity contribution in [2.45, 2.75) is 32.4 Å². The number of hydrogen-bond acceptors (Lipinski definition) is 7. The van der Waals surface area contributed by atoms with E-state index in [0.717, 1.165) is 0 Å². The summed E-state index contributed by atoms with van der Waals surface area (Å²) in [6.45, 7) is 2.99. The Balaban J connectivity index is 4.51. The topological polar surface area (TPSA) is 136 Å². The molecule has 0 fully saturated rings. The van der Waals surface area contributed by atoms with Gasteiger partial charge < -0.3 is 14.8 Å². The molecule has 0 aliphatic heterocycles. The van der Waals surface area contributed by atoms with Crippen LogP contribution in [0.15, 0.2) is 0 Å². The van der Waals surface area contributed by atoms with Gasteiger partial charge >= 0.3 is 11.9 Å². The van der Waals surface area contributed by atoms with Gasteiger partial charge in [0.05, 0.1) is 18.8 Å². The molecule has 2 atom stereocenters. The third-order valence-electron chi connectivity index (χ3n) is 2.14. The van der Waals surface area contributed by atoms with E-state index in [-0.39, 0.29) is 13.0 Å². The summed E-state index contributed by atoms with van der Waals surface area (Å²) in [6.07, 6.45) is -1.36. The van der Waals surface area contributed by atoms with E-state index in [9.17, 15) is 22.8 Å². The highest BCUT2D eigenvalue weighted by molar-refractivity contribution is 7.85. The molecule has 0 heterocycles. The van der Waals surface area contributed by atoms with Crippen LogP contribution in [0.3, 0.4) is 0 Å². The van der Waals surface area contributed by atoms with Crippen LogP contribution in [-0.2, 0) is 34.0 Å². The van der Waals surface area contributed by atoms with Gasteiger partial charge in [0.15, 0.2) is 6.04 Å². The number of carbonyl (C=O) groups is 3. The van der Waals surface area contributed by atoms with Crippen molar-refractivity contribution in [3.05, 3.63) is 0 Å². The molecule has 0 aromatic rings. The first-order valence-electron chi connectivity index (χ1n) is 5.72. The largest absolute Gasteiger partial charge is 0.464 e. The van der Waals surface area contributed by atoms with Crippen molar-refractivity contribution in [2.75, 3.05) is 12.4 Å². The highest BCUT2D eigenvalue weighted by Gasteiger charge is 2.29. The minimum Gasteiger partial charge on any atom is -0.464 e. The van der Waals surface area contributed by atoms with Gasteiger partial charge in [-0.2, -0.15) is 8.42 Å². The van der Waals surface area contributed by atoms with Crippen LogP contribution in [0.5, 0.6) is 0 Å². The normalized spacial score (nSPS) is 13.9. The third-order valence-corrected chi connectivity index (χ3v) is 2.86. The molecule has 0 saturated heterocycles. The van der Waals surface area contributed by atoms with E-state index >= 15 is 0 Å². The van der Waals surface area contributed by atoms with Gasteiger partial charge in [0.25, 0.3) is 10.1 Å². The lowest BCUT2D eigenvalue weighted by molar-refractivity contribution is -0.157. The Kier molecular flexibility index (Phi) is 7.77. The number of amides is 1. The Morgan fingerprint density at radius 3 is 2.45 bits per heavy atom. The number of carbonyl (C=O) groups excluding carboxylic acids is 3. The standard InChI is InChI=1S/C10H17NO8S/c1-3-18-10(14)9(11-6-12)7(2)19-8(13)4-5-20(15,16)17/h6-7,9H,3-5H2,1-2H3,(H,11,12)(H,15,16,17). The minimum atomic E-state index is -4.27. The fourth-order valence-electron chi connectivity index (χ4n) is 1.25. The van der Waals surface area contributed by atoms with E-state index in [1.54, 1.807) is 6.92 Å². The van der Waals surface area contributed by atoms with Crippen molar-refractivity contribution in [3.63, 3.8) is 0 Å². The summed E-state index contributed by atoms with van der Waals surface area (Å²) < 4.78 is 38.9. The van der Waals surface area contributed by atoms with Crippen molar-refractivity contribution < 1.29 is 36.8 Å². The van der Waals surface area contributed by atoms with Crippen LogP contribution in [0.4, 0.5) is 0 Å².